The van der Waals surface area contributed by atoms with E-state index in [1.807, 2.05) is 24.3 Å². The molecular weight excluding hydrogens is 164 g/mol. The first-order valence-electron chi connectivity index (χ1n) is 3.96. The van der Waals surface area contributed by atoms with E-state index in [9.17, 15) is 4.79 Å². The molecule has 2 rings (SSSR count). The van der Waals surface area contributed by atoms with Crippen LogP contribution in [0, 0.1) is 7.05 Å². The molecule has 1 aromatic rings. The third-order valence-electron chi connectivity index (χ3n) is 2.00. The molecule has 1 N–H and O–H groups in total. The van der Waals surface area contributed by atoms with Crippen molar-refractivity contribution < 1.29 is 9.37 Å². The van der Waals surface area contributed by atoms with Gasteiger partial charge in [0.2, 0.25) is 5.91 Å². The van der Waals surface area contributed by atoms with Gasteiger partial charge in [0.15, 0.2) is 0 Å². The number of hydrogen-bond acceptors (Lipinski definition) is 1. The van der Waals surface area contributed by atoms with E-state index >= 15 is 0 Å². The number of para-hydroxylation sites is 1. The number of amides is 1. The van der Waals surface area contributed by atoms with Gasteiger partial charge < -0.3 is 9.89 Å². The Morgan fingerprint density at radius 3 is 2.77 bits per heavy atom. The minimum Gasteiger partial charge on any atom is -0.364 e. The van der Waals surface area contributed by atoms with Crippen LogP contribution in [0.2, 0.25) is 0 Å². The average molecular weight is 173 g/mol. The third kappa shape index (κ3) is 1.09. The number of nitrogens with one attached hydrogen (secondary N) is 1. The molecule has 1 heterocycles. The second-order valence-corrected chi connectivity index (χ2v) is 2.96. The molecule has 0 aromatic heterocycles. The zero-order valence-electron chi connectivity index (χ0n) is 7.24. The molecule has 1 aliphatic heterocycles. The highest BCUT2D eigenvalue weighted by atomic mass is 16.2. The number of rotatable bonds is 0. The van der Waals surface area contributed by atoms with Crippen LogP contribution in [0.5, 0.6) is 0 Å². The Morgan fingerprint density at radius 2 is 2.08 bits per heavy atom. The van der Waals surface area contributed by atoms with Gasteiger partial charge >= 0.3 is 0 Å². The summed E-state index contributed by atoms with van der Waals surface area (Å²) in [5.41, 5.74) is 2.19. The van der Waals surface area contributed by atoms with Gasteiger partial charge in [-0.25, -0.2) is 0 Å². The third-order valence-corrected chi connectivity index (χ3v) is 2.00. The van der Waals surface area contributed by atoms with E-state index in [0.717, 1.165) is 11.3 Å². The average Bonchev–Trinajstić information content (AvgIpc) is 2.39. The van der Waals surface area contributed by atoms with E-state index in [1.165, 1.54) is 4.58 Å². The van der Waals surface area contributed by atoms with Crippen molar-refractivity contribution in [2.75, 3.05) is 12.4 Å². The summed E-state index contributed by atoms with van der Waals surface area (Å²) >= 11 is 0. The quantitative estimate of drug-likeness (QED) is 0.350. The lowest BCUT2D eigenvalue weighted by molar-refractivity contribution is -0.428. The Bertz CT molecular complexity index is 403. The molecule has 13 heavy (non-hydrogen) atoms. The minimum atomic E-state index is -0.147. The van der Waals surface area contributed by atoms with Gasteiger partial charge in [-0.15, -0.1) is 0 Å². The molecule has 0 atom stereocenters. The van der Waals surface area contributed by atoms with Crippen molar-refractivity contribution in [2.24, 2.45) is 0 Å². The number of hydrogen-bond donors (Lipinski definition) is 1. The van der Waals surface area contributed by atoms with Gasteiger partial charge in [-0.2, -0.15) is 0 Å². The van der Waals surface area contributed by atoms with Crippen molar-refractivity contribution in [2.45, 2.75) is 0 Å². The highest BCUT2D eigenvalue weighted by Crippen LogP contribution is 2.21. The standard InChI is InChI=1S/C10H8N2O/c1-12(2)9-7-5-3-4-6-8(7)11-10(9)13/h1,3-6H,2H3/q-1/p+1. The maximum Gasteiger partial charge on any atom is 0.236 e. The number of benzene rings is 1. The Morgan fingerprint density at radius 1 is 1.38 bits per heavy atom. The summed E-state index contributed by atoms with van der Waals surface area (Å²) in [6.45, 7) is 0. The highest BCUT2D eigenvalue weighted by Gasteiger charge is 2.23. The zero-order valence-corrected chi connectivity index (χ0v) is 7.24. The molecule has 3 nitrogen and oxygen atoms in total. The van der Waals surface area contributed by atoms with E-state index in [2.05, 4.69) is 5.32 Å². The summed E-state index contributed by atoms with van der Waals surface area (Å²) in [6.07, 6.45) is 0. The fraction of sp³-hybridized carbons (Fsp3) is 0.100. The summed E-state index contributed by atoms with van der Waals surface area (Å²) in [6, 6.07) is 7.47. The fourth-order valence-electron chi connectivity index (χ4n) is 1.45. The molecule has 3 heteroatoms. The summed E-state index contributed by atoms with van der Waals surface area (Å²) in [7, 11) is 7.19. The van der Waals surface area contributed by atoms with Gasteiger partial charge in [0.1, 0.15) is 12.8 Å². The summed E-state index contributed by atoms with van der Waals surface area (Å²) in [5.74, 6) is -0.147. The molecule has 0 bridgehead atoms. The van der Waals surface area contributed by atoms with Gasteiger partial charge in [0.25, 0.3) is 0 Å². The Labute approximate surface area is 76.7 Å². The Balaban J connectivity index is 2.67. The molecule has 1 radical (unpaired) electrons. The molecule has 0 unspecified atom stereocenters. The predicted octanol–water partition coefficient (Wildman–Crippen LogP) is 0.739. The molecule has 1 amide bonds. The van der Waals surface area contributed by atoms with Crippen molar-refractivity contribution in [1.82, 2.24) is 0 Å². The van der Waals surface area contributed by atoms with E-state index in [4.69, 9.17) is 7.05 Å². The summed E-state index contributed by atoms with van der Waals surface area (Å²) in [5, 5.41) is 2.73. The maximum absolute atomic E-state index is 11.4. The number of nitrogens with zero attached hydrogens (tertiary/aromatic N) is 1. The van der Waals surface area contributed by atoms with E-state index in [1.54, 1.807) is 7.05 Å². The topological polar surface area (TPSA) is 32.1 Å². The minimum absolute atomic E-state index is 0.147. The zero-order chi connectivity index (χ0) is 9.42. The van der Waals surface area contributed by atoms with Crippen LogP contribution < -0.4 is 5.32 Å². The van der Waals surface area contributed by atoms with Gasteiger partial charge in [-0.1, -0.05) is 18.2 Å². The molecule has 1 aliphatic rings. The van der Waals surface area contributed by atoms with Crippen LogP contribution in [0.1, 0.15) is 5.56 Å². The van der Waals surface area contributed by atoms with Crippen molar-refractivity contribution in [1.29, 1.82) is 0 Å². The van der Waals surface area contributed by atoms with Gasteiger partial charge in [-0.05, 0) is 11.6 Å². The van der Waals surface area contributed by atoms with Crippen LogP contribution in [0.15, 0.2) is 24.3 Å². The summed E-state index contributed by atoms with van der Waals surface area (Å²) < 4.78 is 1.33. The smallest absolute Gasteiger partial charge is 0.236 e. The molecule has 1 aromatic carbocycles. The monoisotopic (exact) mass is 173 g/mol. The number of anilines is 1. The van der Waals surface area contributed by atoms with Crippen LogP contribution >= 0.6 is 0 Å². The van der Waals surface area contributed by atoms with Gasteiger partial charge in [0, 0.05) is 12.7 Å². The molecule has 0 saturated carbocycles. The SMILES string of the molecule is [CH-][N+](C)=C1C(=O)Nc2ccccc21. The molecule has 0 aliphatic carbocycles. The van der Waals surface area contributed by atoms with E-state index in [0.29, 0.717) is 5.71 Å². The van der Waals surface area contributed by atoms with Crippen LogP contribution in [-0.2, 0) is 4.79 Å². The molecular formula is C10H9N2O. The van der Waals surface area contributed by atoms with Crippen LogP contribution in [0.25, 0.3) is 0 Å². The lowest BCUT2D eigenvalue weighted by atomic mass is 10.1. The van der Waals surface area contributed by atoms with E-state index < -0.39 is 0 Å². The van der Waals surface area contributed by atoms with Crippen LogP contribution in [-0.4, -0.2) is 23.2 Å². The Hall–Kier alpha value is -1.77. The normalized spacial score (nSPS) is 18.1. The molecule has 65 valence electrons. The van der Waals surface area contributed by atoms with Crippen LogP contribution in [0.3, 0.4) is 0 Å². The van der Waals surface area contributed by atoms with Gasteiger partial charge in [-0.3, -0.25) is 4.79 Å². The maximum atomic E-state index is 11.4. The Kier molecular flexibility index (Phi) is 1.59. The van der Waals surface area contributed by atoms with Crippen molar-refractivity contribution >= 4 is 17.3 Å². The molecule has 0 spiro atoms. The summed E-state index contributed by atoms with van der Waals surface area (Å²) in [4.78, 5) is 11.4. The van der Waals surface area contributed by atoms with Crippen molar-refractivity contribution in [3.05, 3.63) is 36.9 Å². The molecule has 0 fully saturated rings. The van der Waals surface area contributed by atoms with Gasteiger partial charge in [0.05, 0.1) is 0 Å². The number of fused-ring (bicyclic) bond motifs is 1. The lowest BCUT2D eigenvalue weighted by Gasteiger charge is -2.01. The first-order valence-corrected chi connectivity index (χ1v) is 3.96. The van der Waals surface area contributed by atoms with E-state index in [-0.39, 0.29) is 5.91 Å². The largest absolute Gasteiger partial charge is 0.364 e. The second kappa shape index (κ2) is 2.62. The molecule has 0 saturated heterocycles. The van der Waals surface area contributed by atoms with Crippen molar-refractivity contribution in [3.63, 3.8) is 0 Å². The number of carbonyl (C=O) groups is 1. The highest BCUT2D eigenvalue weighted by molar-refractivity contribution is 6.52. The first kappa shape index (κ1) is 7.86. The van der Waals surface area contributed by atoms with Crippen molar-refractivity contribution in [3.8, 4) is 0 Å². The van der Waals surface area contributed by atoms with Crippen LogP contribution in [0.4, 0.5) is 5.69 Å². The second-order valence-electron chi connectivity index (χ2n) is 2.96. The number of carbonyl (C=O) groups excluding carboxylic acids is 1. The fourth-order valence-corrected chi connectivity index (χ4v) is 1.45. The lowest BCUT2D eigenvalue weighted by Crippen LogP contribution is -2.22. The first-order chi connectivity index (χ1) is 6.20. The predicted molar refractivity (Wildman–Crippen MR) is 49.7 cm³/mol.